The van der Waals surface area contributed by atoms with Gasteiger partial charge in [0.15, 0.2) is 6.29 Å². The largest absolute Gasteiger partial charge is 0.418 e. The Bertz CT molecular complexity index is 567. The zero-order valence-corrected chi connectivity index (χ0v) is 8.98. The van der Waals surface area contributed by atoms with Crippen molar-refractivity contribution in [3.63, 3.8) is 0 Å². The molecule has 0 N–H and O–H groups in total. The highest BCUT2D eigenvalue weighted by atomic mass is 19.4. The summed E-state index contributed by atoms with van der Waals surface area (Å²) in [6.07, 6.45) is -0.355. The maximum Gasteiger partial charge on any atom is 0.418 e. The van der Waals surface area contributed by atoms with Crippen molar-refractivity contribution in [2.45, 2.75) is 6.18 Å². The summed E-state index contributed by atoms with van der Waals surface area (Å²) < 4.78 is 38.1. The molecule has 6 heteroatoms. The number of carbonyl (C=O) groups is 1. The Morgan fingerprint density at radius 2 is 1.94 bits per heavy atom. The number of aldehydes is 1. The van der Waals surface area contributed by atoms with Crippen LogP contribution in [0.2, 0.25) is 0 Å². The van der Waals surface area contributed by atoms with E-state index < -0.39 is 17.4 Å². The summed E-state index contributed by atoms with van der Waals surface area (Å²) in [5, 5.41) is 0. The lowest BCUT2D eigenvalue weighted by atomic mass is 10.1. The molecule has 2 aromatic heterocycles. The molecule has 18 heavy (non-hydrogen) atoms. The van der Waals surface area contributed by atoms with Crippen molar-refractivity contribution in [3.8, 4) is 11.1 Å². The molecule has 0 spiro atoms. The van der Waals surface area contributed by atoms with Crippen LogP contribution in [0, 0.1) is 0 Å². The first-order chi connectivity index (χ1) is 8.52. The fraction of sp³-hybridized carbons (Fsp3) is 0.0833. The maximum absolute atomic E-state index is 12.7. The minimum Gasteiger partial charge on any atom is -0.296 e. The fourth-order valence-corrected chi connectivity index (χ4v) is 1.49. The van der Waals surface area contributed by atoms with Gasteiger partial charge in [-0.2, -0.15) is 13.2 Å². The normalized spacial score (nSPS) is 11.3. The van der Waals surface area contributed by atoms with E-state index in [2.05, 4.69) is 9.97 Å². The number of alkyl halides is 3. The van der Waals surface area contributed by atoms with Crippen molar-refractivity contribution in [1.29, 1.82) is 0 Å². The highest BCUT2D eigenvalue weighted by molar-refractivity contribution is 5.76. The lowest BCUT2D eigenvalue weighted by Gasteiger charge is -2.10. The Morgan fingerprint density at radius 3 is 2.50 bits per heavy atom. The molecule has 2 rings (SSSR count). The van der Waals surface area contributed by atoms with Gasteiger partial charge in [-0.1, -0.05) is 6.07 Å². The van der Waals surface area contributed by atoms with Crippen LogP contribution in [0.5, 0.6) is 0 Å². The third-order valence-corrected chi connectivity index (χ3v) is 2.33. The molecule has 0 saturated carbocycles. The van der Waals surface area contributed by atoms with Gasteiger partial charge in [-0.3, -0.25) is 14.8 Å². The lowest BCUT2D eigenvalue weighted by Crippen LogP contribution is -2.10. The average Bonchev–Trinajstić information content (AvgIpc) is 2.38. The van der Waals surface area contributed by atoms with Crippen LogP contribution < -0.4 is 0 Å². The van der Waals surface area contributed by atoms with Gasteiger partial charge in [-0.05, 0) is 12.1 Å². The van der Waals surface area contributed by atoms with Gasteiger partial charge in [-0.25, -0.2) is 0 Å². The molecule has 0 aliphatic carbocycles. The van der Waals surface area contributed by atoms with Crippen molar-refractivity contribution in [1.82, 2.24) is 9.97 Å². The van der Waals surface area contributed by atoms with E-state index in [4.69, 9.17) is 0 Å². The molecule has 0 aromatic carbocycles. The van der Waals surface area contributed by atoms with Gasteiger partial charge < -0.3 is 0 Å². The summed E-state index contributed by atoms with van der Waals surface area (Å²) in [7, 11) is 0. The van der Waals surface area contributed by atoms with Gasteiger partial charge in [0.2, 0.25) is 0 Å². The van der Waals surface area contributed by atoms with Crippen LogP contribution >= 0.6 is 0 Å². The molecule has 3 nitrogen and oxygen atoms in total. The molecule has 0 bridgehead atoms. The Balaban J connectivity index is 2.57. The van der Waals surface area contributed by atoms with Crippen molar-refractivity contribution < 1.29 is 18.0 Å². The van der Waals surface area contributed by atoms with E-state index in [1.54, 1.807) is 12.1 Å². The van der Waals surface area contributed by atoms with E-state index >= 15 is 0 Å². The smallest absolute Gasteiger partial charge is 0.296 e. The van der Waals surface area contributed by atoms with E-state index in [0.717, 1.165) is 6.07 Å². The molecular weight excluding hydrogens is 245 g/mol. The highest BCUT2D eigenvalue weighted by Crippen LogP contribution is 2.33. The molecule has 2 aromatic rings. The summed E-state index contributed by atoms with van der Waals surface area (Å²) in [4.78, 5) is 17.9. The molecule has 92 valence electrons. The number of aromatic nitrogens is 2. The molecule has 0 radical (unpaired) electrons. The maximum atomic E-state index is 12.7. The van der Waals surface area contributed by atoms with Gasteiger partial charge >= 0.3 is 6.18 Å². The number of carbonyl (C=O) groups excluding carboxylic acids is 1. The first-order valence-corrected chi connectivity index (χ1v) is 4.95. The van der Waals surface area contributed by atoms with Crippen LogP contribution in [0.25, 0.3) is 11.1 Å². The second kappa shape index (κ2) is 4.56. The number of hydrogen-bond donors (Lipinski definition) is 0. The number of hydrogen-bond acceptors (Lipinski definition) is 3. The van der Waals surface area contributed by atoms with E-state index in [0.29, 0.717) is 5.56 Å². The molecule has 0 unspecified atom stereocenters. The third kappa shape index (κ3) is 2.37. The van der Waals surface area contributed by atoms with Crippen LogP contribution in [0.3, 0.4) is 0 Å². The zero-order valence-electron chi connectivity index (χ0n) is 8.98. The Labute approximate surface area is 100 Å². The van der Waals surface area contributed by atoms with Gasteiger partial charge in [0.1, 0.15) is 5.69 Å². The van der Waals surface area contributed by atoms with Crippen molar-refractivity contribution in [2.24, 2.45) is 0 Å². The zero-order chi connectivity index (χ0) is 13.2. The monoisotopic (exact) mass is 252 g/mol. The summed E-state index contributed by atoms with van der Waals surface area (Å²) in [5.41, 5.74) is -0.886. The second-order valence-electron chi connectivity index (χ2n) is 3.51. The molecular formula is C12H7F3N2O. The second-order valence-corrected chi connectivity index (χ2v) is 3.51. The van der Waals surface area contributed by atoms with Crippen molar-refractivity contribution in [2.75, 3.05) is 0 Å². The number of pyridine rings is 2. The lowest BCUT2D eigenvalue weighted by molar-refractivity contribution is -0.138. The summed E-state index contributed by atoms with van der Waals surface area (Å²) >= 11 is 0. The van der Waals surface area contributed by atoms with Crippen LogP contribution in [0.15, 0.2) is 36.8 Å². The van der Waals surface area contributed by atoms with Gasteiger partial charge in [0, 0.05) is 29.7 Å². The standard InChI is InChI=1S/C12H7F3N2O/c13-12(14,15)10-4-9(6-17-11(10)7-18)8-2-1-3-16-5-8/h1-7H. The van der Waals surface area contributed by atoms with Crippen LogP contribution in [0.4, 0.5) is 13.2 Å². The predicted molar refractivity (Wildman–Crippen MR) is 57.9 cm³/mol. The first kappa shape index (κ1) is 12.2. The van der Waals surface area contributed by atoms with Crippen molar-refractivity contribution >= 4 is 6.29 Å². The average molecular weight is 252 g/mol. The van der Waals surface area contributed by atoms with E-state index in [-0.39, 0.29) is 11.8 Å². The van der Waals surface area contributed by atoms with Crippen LogP contribution in [0.1, 0.15) is 16.1 Å². The van der Waals surface area contributed by atoms with E-state index in [1.165, 1.54) is 18.6 Å². The molecule has 0 fully saturated rings. The van der Waals surface area contributed by atoms with Crippen molar-refractivity contribution in [3.05, 3.63) is 48.0 Å². The number of halogens is 3. The van der Waals surface area contributed by atoms with E-state index in [9.17, 15) is 18.0 Å². The Kier molecular flexibility index (Phi) is 3.10. The topological polar surface area (TPSA) is 42.9 Å². The summed E-state index contributed by atoms with van der Waals surface area (Å²) in [6, 6.07) is 4.12. The van der Waals surface area contributed by atoms with Gasteiger partial charge in [0.05, 0.1) is 5.56 Å². The number of rotatable bonds is 2. The Morgan fingerprint density at radius 1 is 1.17 bits per heavy atom. The quantitative estimate of drug-likeness (QED) is 0.771. The number of nitrogens with zero attached hydrogens (tertiary/aromatic N) is 2. The minimum absolute atomic E-state index is 0.0931. The molecule has 0 atom stereocenters. The van der Waals surface area contributed by atoms with E-state index in [1.807, 2.05) is 0 Å². The molecule has 0 saturated heterocycles. The predicted octanol–water partition coefficient (Wildman–Crippen LogP) is 2.97. The first-order valence-electron chi connectivity index (χ1n) is 4.95. The summed E-state index contributed by atoms with van der Waals surface area (Å²) in [5.74, 6) is 0. The molecule has 2 heterocycles. The summed E-state index contributed by atoms with van der Waals surface area (Å²) in [6.45, 7) is 0. The minimum atomic E-state index is -4.61. The van der Waals surface area contributed by atoms with Crippen LogP contribution in [-0.4, -0.2) is 16.3 Å². The molecule has 0 amide bonds. The fourth-order valence-electron chi connectivity index (χ4n) is 1.49. The Hall–Kier alpha value is -2.24. The third-order valence-electron chi connectivity index (χ3n) is 2.33. The highest BCUT2D eigenvalue weighted by Gasteiger charge is 2.34. The van der Waals surface area contributed by atoms with Gasteiger partial charge in [0.25, 0.3) is 0 Å². The van der Waals surface area contributed by atoms with Crippen LogP contribution in [-0.2, 0) is 6.18 Å². The molecule has 0 aliphatic heterocycles. The molecule has 0 aliphatic rings. The van der Waals surface area contributed by atoms with Gasteiger partial charge in [-0.15, -0.1) is 0 Å². The SMILES string of the molecule is O=Cc1ncc(-c2cccnc2)cc1C(F)(F)F.